The molecular weight excluding hydrogens is 372 g/mol. The fourth-order valence-electron chi connectivity index (χ4n) is 1.41. The number of benzene rings is 1. The second-order valence-corrected chi connectivity index (χ2v) is 7.30. The van der Waals surface area contributed by atoms with E-state index in [0.29, 0.717) is 11.2 Å². The van der Waals surface area contributed by atoms with Crippen molar-refractivity contribution < 1.29 is 8.42 Å². The normalized spacial score (nSPS) is 11.6. The van der Waals surface area contributed by atoms with Gasteiger partial charge in [-0.05, 0) is 28.1 Å². The summed E-state index contributed by atoms with van der Waals surface area (Å²) in [7, 11) is -3.36. The smallest absolute Gasteiger partial charge is 0.242 e. The lowest BCUT2D eigenvalue weighted by molar-refractivity contribution is 0.606. The van der Waals surface area contributed by atoms with Gasteiger partial charge in [0, 0.05) is 16.1 Å². The fourth-order valence-corrected chi connectivity index (χ4v) is 2.66. The molecule has 1 aromatic heterocycles. The summed E-state index contributed by atoms with van der Waals surface area (Å²) in [5.74, 6) is 0. The van der Waals surface area contributed by atoms with Crippen LogP contribution in [0.5, 0.6) is 0 Å². The van der Waals surface area contributed by atoms with Gasteiger partial charge >= 0.3 is 0 Å². The molecular formula is C10H8Br2N2O2S. The molecule has 1 heterocycles. The van der Waals surface area contributed by atoms with E-state index in [2.05, 4.69) is 41.6 Å². The average Bonchev–Trinajstić information content (AvgIpc) is 2.28. The van der Waals surface area contributed by atoms with Gasteiger partial charge in [0.2, 0.25) is 10.0 Å². The molecule has 0 unspecified atom stereocenters. The number of nitrogens with one attached hydrogen (secondary N) is 1. The zero-order valence-electron chi connectivity index (χ0n) is 8.52. The van der Waals surface area contributed by atoms with Crippen LogP contribution in [-0.4, -0.2) is 18.1 Å². The number of anilines is 1. The van der Waals surface area contributed by atoms with Crippen LogP contribution in [0.25, 0.3) is 10.9 Å². The second kappa shape index (κ2) is 4.91. The molecule has 0 aliphatic carbocycles. The van der Waals surface area contributed by atoms with Crippen LogP contribution in [0.3, 0.4) is 0 Å². The maximum atomic E-state index is 11.5. The number of pyridine rings is 1. The highest BCUT2D eigenvalue weighted by Gasteiger charge is 2.10. The lowest BCUT2D eigenvalue weighted by Gasteiger charge is -2.08. The molecule has 0 aliphatic rings. The van der Waals surface area contributed by atoms with Crippen LogP contribution in [0.4, 0.5) is 5.69 Å². The topological polar surface area (TPSA) is 59.1 Å². The number of aromatic nitrogens is 1. The number of rotatable bonds is 3. The minimum atomic E-state index is -3.36. The third kappa shape index (κ3) is 2.97. The number of fused-ring (bicyclic) bond motifs is 1. The molecule has 1 aromatic carbocycles. The summed E-state index contributed by atoms with van der Waals surface area (Å²) in [5, 5.41) is 0.870. The van der Waals surface area contributed by atoms with Crippen LogP contribution in [0, 0.1) is 0 Å². The van der Waals surface area contributed by atoms with Crippen LogP contribution >= 0.6 is 31.9 Å². The van der Waals surface area contributed by atoms with Crippen molar-refractivity contribution in [2.45, 2.75) is 0 Å². The summed E-state index contributed by atoms with van der Waals surface area (Å²) in [6.07, 6.45) is 1.63. The first-order chi connectivity index (χ1) is 8.02. The third-order valence-electron chi connectivity index (χ3n) is 2.09. The molecule has 17 heavy (non-hydrogen) atoms. The van der Waals surface area contributed by atoms with E-state index in [-0.39, 0.29) is 4.66 Å². The molecule has 1 N–H and O–H groups in total. The SMILES string of the molecule is O=S(=O)(CBr)Nc1cccc2cc(Br)cnc12. The predicted octanol–water partition coefficient (Wildman–Crippen LogP) is 3.09. The van der Waals surface area contributed by atoms with Gasteiger partial charge in [-0.2, -0.15) is 0 Å². The van der Waals surface area contributed by atoms with E-state index in [1.807, 2.05) is 12.1 Å². The van der Waals surface area contributed by atoms with Crippen LogP contribution in [-0.2, 0) is 10.0 Å². The van der Waals surface area contributed by atoms with E-state index in [1.54, 1.807) is 18.3 Å². The van der Waals surface area contributed by atoms with Crippen molar-refractivity contribution in [3.8, 4) is 0 Å². The molecule has 7 heteroatoms. The summed E-state index contributed by atoms with van der Waals surface area (Å²) >= 11 is 6.25. The number of para-hydroxylation sites is 1. The van der Waals surface area contributed by atoms with Gasteiger partial charge in [0.1, 0.15) is 4.66 Å². The first-order valence-corrected chi connectivity index (χ1v) is 8.19. The molecule has 0 fully saturated rings. The second-order valence-electron chi connectivity index (χ2n) is 3.36. The van der Waals surface area contributed by atoms with Gasteiger partial charge in [-0.15, -0.1) is 0 Å². The Labute approximate surface area is 116 Å². The molecule has 0 spiro atoms. The van der Waals surface area contributed by atoms with Crippen molar-refractivity contribution >= 4 is 58.5 Å². The molecule has 0 bridgehead atoms. The standard InChI is InChI=1S/C10H8Br2N2O2S/c11-6-17(15,16)14-9-3-1-2-7-4-8(12)5-13-10(7)9/h1-5,14H,6H2. The highest BCUT2D eigenvalue weighted by Crippen LogP contribution is 2.24. The van der Waals surface area contributed by atoms with Gasteiger partial charge in [-0.3, -0.25) is 9.71 Å². The van der Waals surface area contributed by atoms with Crippen molar-refractivity contribution in [3.05, 3.63) is 34.9 Å². The Morgan fingerprint density at radius 2 is 2.12 bits per heavy atom. The molecule has 0 saturated carbocycles. The molecule has 0 saturated heterocycles. The maximum absolute atomic E-state index is 11.5. The Bertz CT molecular complexity index is 658. The van der Waals surface area contributed by atoms with Crippen molar-refractivity contribution in [1.29, 1.82) is 0 Å². The molecule has 4 nitrogen and oxygen atoms in total. The van der Waals surface area contributed by atoms with Crippen LogP contribution in [0.1, 0.15) is 0 Å². The number of alkyl halides is 1. The molecule has 0 amide bonds. The number of halogens is 2. The fraction of sp³-hybridized carbons (Fsp3) is 0.100. The van der Waals surface area contributed by atoms with Crippen molar-refractivity contribution in [2.24, 2.45) is 0 Å². The predicted molar refractivity (Wildman–Crippen MR) is 75.8 cm³/mol. The molecule has 0 atom stereocenters. The maximum Gasteiger partial charge on any atom is 0.242 e. The molecule has 2 rings (SSSR count). The number of hydrogen-bond acceptors (Lipinski definition) is 3. The van der Waals surface area contributed by atoms with E-state index < -0.39 is 10.0 Å². The van der Waals surface area contributed by atoms with Gasteiger partial charge in [0.25, 0.3) is 0 Å². The lowest BCUT2D eigenvalue weighted by Crippen LogP contribution is -2.13. The largest absolute Gasteiger partial charge is 0.281 e. The molecule has 2 aromatic rings. The summed E-state index contributed by atoms with van der Waals surface area (Å²) in [4.78, 5) is 4.21. The van der Waals surface area contributed by atoms with E-state index in [1.165, 1.54) is 0 Å². The Hall–Kier alpha value is -0.660. The van der Waals surface area contributed by atoms with E-state index in [0.717, 1.165) is 9.86 Å². The number of sulfonamides is 1. The monoisotopic (exact) mass is 378 g/mol. The molecule has 0 aliphatic heterocycles. The van der Waals surface area contributed by atoms with Crippen LogP contribution in [0.15, 0.2) is 34.9 Å². The Balaban J connectivity index is 2.55. The van der Waals surface area contributed by atoms with Gasteiger partial charge in [-0.1, -0.05) is 28.1 Å². The van der Waals surface area contributed by atoms with Crippen molar-refractivity contribution in [2.75, 3.05) is 9.38 Å². The van der Waals surface area contributed by atoms with E-state index in [9.17, 15) is 8.42 Å². The third-order valence-corrected chi connectivity index (χ3v) is 5.15. The first kappa shape index (κ1) is 12.8. The Morgan fingerprint density at radius 1 is 1.35 bits per heavy atom. The summed E-state index contributed by atoms with van der Waals surface area (Å²) in [6.45, 7) is 0. The minimum Gasteiger partial charge on any atom is -0.281 e. The Kier molecular flexibility index (Phi) is 3.70. The van der Waals surface area contributed by atoms with Gasteiger partial charge in [0.15, 0.2) is 0 Å². The van der Waals surface area contributed by atoms with Crippen molar-refractivity contribution in [3.63, 3.8) is 0 Å². The van der Waals surface area contributed by atoms with E-state index in [4.69, 9.17) is 0 Å². The molecule has 0 radical (unpaired) electrons. The Morgan fingerprint density at radius 3 is 2.82 bits per heavy atom. The number of hydrogen-bond donors (Lipinski definition) is 1. The highest BCUT2D eigenvalue weighted by molar-refractivity contribution is 9.11. The first-order valence-electron chi connectivity index (χ1n) is 4.62. The van der Waals surface area contributed by atoms with E-state index >= 15 is 0 Å². The minimum absolute atomic E-state index is 0.146. The highest BCUT2D eigenvalue weighted by atomic mass is 79.9. The van der Waals surface area contributed by atoms with Gasteiger partial charge < -0.3 is 0 Å². The number of nitrogens with zero attached hydrogens (tertiary/aromatic N) is 1. The van der Waals surface area contributed by atoms with Crippen LogP contribution in [0.2, 0.25) is 0 Å². The van der Waals surface area contributed by atoms with Gasteiger partial charge in [-0.25, -0.2) is 8.42 Å². The van der Waals surface area contributed by atoms with Crippen LogP contribution < -0.4 is 4.72 Å². The zero-order valence-corrected chi connectivity index (χ0v) is 12.5. The quantitative estimate of drug-likeness (QED) is 0.833. The van der Waals surface area contributed by atoms with Gasteiger partial charge in [0.05, 0.1) is 11.2 Å². The summed E-state index contributed by atoms with van der Waals surface area (Å²) < 4.78 is 26.2. The lowest BCUT2D eigenvalue weighted by atomic mass is 10.2. The average molecular weight is 380 g/mol. The molecule has 90 valence electrons. The van der Waals surface area contributed by atoms with Crippen molar-refractivity contribution in [1.82, 2.24) is 4.98 Å². The zero-order chi connectivity index (χ0) is 12.5. The summed E-state index contributed by atoms with van der Waals surface area (Å²) in [6, 6.07) is 7.22. The summed E-state index contributed by atoms with van der Waals surface area (Å²) in [5.41, 5.74) is 1.11.